The zero-order valence-electron chi connectivity index (χ0n) is 6.44. The molecule has 0 spiro atoms. The van der Waals surface area contributed by atoms with E-state index >= 15 is 0 Å². The Hall–Kier alpha value is -1.71. The molecule has 62 valence electrons. The van der Waals surface area contributed by atoms with Gasteiger partial charge in [0.15, 0.2) is 0 Å². The number of nitrogens with zero attached hydrogens (tertiary/aromatic N) is 1. The van der Waals surface area contributed by atoms with Gasteiger partial charge in [-0.25, -0.2) is 4.79 Å². The van der Waals surface area contributed by atoms with Crippen LogP contribution in [0.3, 0.4) is 0 Å². The van der Waals surface area contributed by atoms with Crippen molar-refractivity contribution in [1.29, 1.82) is 0 Å². The third-order valence-corrected chi connectivity index (χ3v) is 1.56. The number of hydrogen-bond acceptors (Lipinski definition) is 3. The number of benzene rings is 1. The van der Waals surface area contributed by atoms with Gasteiger partial charge in [0.05, 0.1) is 5.56 Å². The summed E-state index contributed by atoms with van der Waals surface area (Å²) in [5.74, 6) is -1.04. The molecule has 1 aromatic carbocycles. The normalized spacial score (nSPS) is 9.42. The molecule has 0 aliphatic carbocycles. The van der Waals surface area contributed by atoms with E-state index in [-0.39, 0.29) is 11.3 Å². The lowest BCUT2D eigenvalue weighted by Crippen LogP contribution is -1.98. The first kappa shape index (κ1) is 8.39. The summed E-state index contributed by atoms with van der Waals surface area (Å²) in [6, 6.07) is 4.29. The number of carbonyl (C=O) groups is 1. The minimum atomic E-state index is -1.04. The Morgan fingerprint density at radius 1 is 1.50 bits per heavy atom. The highest BCUT2D eigenvalue weighted by molar-refractivity contribution is 5.90. The van der Waals surface area contributed by atoms with Crippen LogP contribution in [-0.4, -0.2) is 11.1 Å². The molecule has 4 heteroatoms. The number of aromatic carboxylic acids is 1. The molecular weight excluding hydrogens is 158 g/mol. The van der Waals surface area contributed by atoms with Crippen LogP contribution in [0.5, 0.6) is 0 Å². The van der Waals surface area contributed by atoms with Gasteiger partial charge in [-0.05, 0) is 29.8 Å². The van der Waals surface area contributed by atoms with E-state index in [0.717, 1.165) is 0 Å². The molecule has 4 nitrogen and oxygen atoms in total. The quantitative estimate of drug-likeness (QED) is 0.682. The molecule has 0 aliphatic rings. The number of rotatable bonds is 2. The summed E-state index contributed by atoms with van der Waals surface area (Å²) in [6.45, 7) is 1.66. The lowest BCUT2D eigenvalue weighted by Gasteiger charge is -1.98. The van der Waals surface area contributed by atoms with E-state index < -0.39 is 5.97 Å². The molecule has 1 aromatic rings. The number of hydrogen-bond donors (Lipinski definition) is 1. The Morgan fingerprint density at radius 3 is 2.67 bits per heavy atom. The molecule has 0 heterocycles. The van der Waals surface area contributed by atoms with Gasteiger partial charge >= 0.3 is 5.97 Å². The van der Waals surface area contributed by atoms with Crippen LogP contribution in [0.2, 0.25) is 0 Å². The second-order valence-corrected chi connectivity index (χ2v) is 2.40. The fourth-order valence-corrected chi connectivity index (χ4v) is 0.897. The molecule has 0 radical (unpaired) electrons. The van der Waals surface area contributed by atoms with E-state index in [1.165, 1.54) is 12.1 Å². The van der Waals surface area contributed by atoms with Crippen molar-refractivity contribution in [2.45, 2.75) is 6.92 Å². The first-order valence-corrected chi connectivity index (χ1v) is 3.32. The summed E-state index contributed by atoms with van der Waals surface area (Å²) < 4.78 is 0. The van der Waals surface area contributed by atoms with Crippen LogP contribution in [0.1, 0.15) is 15.9 Å². The first-order valence-electron chi connectivity index (χ1n) is 3.32. The van der Waals surface area contributed by atoms with Gasteiger partial charge in [-0.2, -0.15) is 0 Å². The molecule has 0 atom stereocenters. The van der Waals surface area contributed by atoms with Gasteiger partial charge in [0, 0.05) is 0 Å². The molecule has 0 bridgehead atoms. The Balaban J connectivity index is 3.25. The van der Waals surface area contributed by atoms with E-state index in [9.17, 15) is 9.70 Å². The summed E-state index contributed by atoms with van der Waals surface area (Å²) in [7, 11) is 0. The third-order valence-electron chi connectivity index (χ3n) is 1.56. The standard InChI is InChI=1S/C8H7NO3/c1-5-2-3-6(9-12)4-7(5)8(10)11/h2-4H,1H3,(H,10,11). The van der Waals surface area contributed by atoms with Crippen molar-refractivity contribution in [2.24, 2.45) is 5.18 Å². The van der Waals surface area contributed by atoms with Crippen LogP contribution < -0.4 is 0 Å². The maximum Gasteiger partial charge on any atom is 0.336 e. The number of nitroso groups, excluding NO2 is 1. The molecule has 0 unspecified atom stereocenters. The highest BCUT2D eigenvalue weighted by Gasteiger charge is 2.07. The SMILES string of the molecule is Cc1ccc(N=O)cc1C(=O)O. The maximum absolute atomic E-state index is 10.5. The fourth-order valence-electron chi connectivity index (χ4n) is 0.897. The molecule has 0 amide bonds. The first-order chi connectivity index (χ1) is 5.65. The van der Waals surface area contributed by atoms with Crippen LogP contribution in [-0.2, 0) is 0 Å². The zero-order valence-corrected chi connectivity index (χ0v) is 6.44. The molecule has 0 fully saturated rings. The van der Waals surface area contributed by atoms with E-state index in [1.807, 2.05) is 0 Å². The summed E-state index contributed by atoms with van der Waals surface area (Å²) in [5.41, 5.74) is 0.875. The van der Waals surface area contributed by atoms with Gasteiger partial charge < -0.3 is 5.11 Å². The number of carboxylic acid groups (broad SMARTS) is 1. The Morgan fingerprint density at radius 2 is 2.17 bits per heavy atom. The smallest absolute Gasteiger partial charge is 0.336 e. The predicted octanol–water partition coefficient (Wildman–Crippen LogP) is 2.09. The van der Waals surface area contributed by atoms with Crippen LogP contribution >= 0.6 is 0 Å². The Bertz CT molecular complexity index is 333. The number of aryl methyl sites for hydroxylation is 1. The fraction of sp³-hybridized carbons (Fsp3) is 0.125. The van der Waals surface area contributed by atoms with Crippen molar-refractivity contribution in [3.8, 4) is 0 Å². The molecule has 1 N–H and O–H groups in total. The lowest BCUT2D eigenvalue weighted by molar-refractivity contribution is 0.0696. The molecule has 0 aliphatic heterocycles. The van der Waals surface area contributed by atoms with Crippen molar-refractivity contribution >= 4 is 11.7 Å². The molecule has 1 rings (SSSR count). The summed E-state index contributed by atoms with van der Waals surface area (Å²) in [6.07, 6.45) is 0. The van der Waals surface area contributed by atoms with Gasteiger partial charge in [-0.15, -0.1) is 4.91 Å². The average molecular weight is 165 g/mol. The lowest BCUT2D eigenvalue weighted by atomic mass is 10.1. The van der Waals surface area contributed by atoms with E-state index in [4.69, 9.17) is 5.11 Å². The molecule has 0 saturated heterocycles. The van der Waals surface area contributed by atoms with Gasteiger partial charge in [0.2, 0.25) is 0 Å². The molecule has 0 saturated carbocycles. The Labute approximate surface area is 68.8 Å². The van der Waals surface area contributed by atoms with Gasteiger partial charge in [-0.3, -0.25) is 0 Å². The topological polar surface area (TPSA) is 66.7 Å². The van der Waals surface area contributed by atoms with Crippen molar-refractivity contribution in [1.82, 2.24) is 0 Å². The minimum Gasteiger partial charge on any atom is -0.478 e. The summed E-state index contributed by atoms with van der Waals surface area (Å²) in [4.78, 5) is 20.6. The van der Waals surface area contributed by atoms with Crippen LogP contribution in [0.15, 0.2) is 23.4 Å². The minimum absolute atomic E-state index is 0.118. The summed E-state index contributed by atoms with van der Waals surface area (Å²) >= 11 is 0. The van der Waals surface area contributed by atoms with Gasteiger partial charge in [0.25, 0.3) is 0 Å². The van der Waals surface area contributed by atoms with Gasteiger partial charge in [-0.1, -0.05) is 6.07 Å². The van der Waals surface area contributed by atoms with Crippen LogP contribution in [0.4, 0.5) is 5.69 Å². The molecular formula is C8H7NO3. The zero-order chi connectivity index (χ0) is 9.14. The monoisotopic (exact) mass is 165 g/mol. The van der Waals surface area contributed by atoms with E-state index in [0.29, 0.717) is 5.56 Å². The molecule has 0 aromatic heterocycles. The van der Waals surface area contributed by atoms with Crippen molar-refractivity contribution < 1.29 is 9.90 Å². The number of carboxylic acids is 1. The second kappa shape index (κ2) is 3.13. The largest absolute Gasteiger partial charge is 0.478 e. The maximum atomic E-state index is 10.5. The summed E-state index contributed by atoms with van der Waals surface area (Å²) in [5, 5.41) is 11.3. The van der Waals surface area contributed by atoms with Crippen LogP contribution in [0, 0.1) is 11.8 Å². The van der Waals surface area contributed by atoms with Gasteiger partial charge in [0.1, 0.15) is 5.69 Å². The van der Waals surface area contributed by atoms with Crippen molar-refractivity contribution in [2.75, 3.05) is 0 Å². The van der Waals surface area contributed by atoms with E-state index in [2.05, 4.69) is 5.18 Å². The highest BCUT2D eigenvalue weighted by Crippen LogP contribution is 2.17. The average Bonchev–Trinajstić information content (AvgIpc) is 2.05. The van der Waals surface area contributed by atoms with Crippen LogP contribution in [0.25, 0.3) is 0 Å². The molecule has 12 heavy (non-hydrogen) atoms. The van der Waals surface area contributed by atoms with E-state index in [1.54, 1.807) is 13.0 Å². The van der Waals surface area contributed by atoms with Crippen molar-refractivity contribution in [3.63, 3.8) is 0 Å². The highest BCUT2D eigenvalue weighted by atomic mass is 16.4. The third kappa shape index (κ3) is 1.47. The predicted molar refractivity (Wildman–Crippen MR) is 43.6 cm³/mol. The second-order valence-electron chi connectivity index (χ2n) is 2.40. The Kier molecular flexibility index (Phi) is 2.19. The van der Waals surface area contributed by atoms with Crippen molar-refractivity contribution in [3.05, 3.63) is 34.2 Å².